The summed E-state index contributed by atoms with van der Waals surface area (Å²) >= 11 is 2.31. The van der Waals surface area contributed by atoms with Crippen molar-refractivity contribution in [1.29, 1.82) is 0 Å². The van der Waals surface area contributed by atoms with Crippen LogP contribution in [0.5, 0.6) is 0 Å². The van der Waals surface area contributed by atoms with Gasteiger partial charge < -0.3 is 9.47 Å². The maximum Gasteiger partial charge on any atom is 0.337 e. The average molecular weight is 350 g/mol. The molecule has 1 aliphatic heterocycles. The van der Waals surface area contributed by atoms with Gasteiger partial charge in [0.15, 0.2) is 0 Å². The first kappa shape index (κ1) is 14.5. The number of allylic oxidation sites excluding steroid dienone is 3. The van der Waals surface area contributed by atoms with E-state index in [2.05, 4.69) is 22.6 Å². The summed E-state index contributed by atoms with van der Waals surface area (Å²) in [5, 5.41) is 0. The zero-order valence-electron chi connectivity index (χ0n) is 10.4. The molecule has 0 spiro atoms. The number of ether oxygens (including phenoxy) is 2. The van der Waals surface area contributed by atoms with Crippen molar-refractivity contribution in [1.82, 2.24) is 0 Å². The Balaban J connectivity index is 2.81. The van der Waals surface area contributed by atoms with Crippen LogP contribution >= 0.6 is 22.6 Å². The van der Waals surface area contributed by atoms with Gasteiger partial charge >= 0.3 is 5.97 Å². The lowest BCUT2D eigenvalue weighted by Crippen LogP contribution is -2.11. The van der Waals surface area contributed by atoms with Gasteiger partial charge in [0.05, 0.1) is 12.2 Å². The Kier molecular flexibility index (Phi) is 6.62. The molecular weight excluding hydrogens is 331 g/mol. The molecule has 0 bridgehead atoms. The van der Waals surface area contributed by atoms with E-state index in [4.69, 9.17) is 9.47 Å². The highest BCUT2D eigenvalue weighted by atomic mass is 127. The summed E-state index contributed by atoms with van der Waals surface area (Å²) in [5.41, 5.74) is 0.678. The summed E-state index contributed by atoms with van der Waals surface area (Å²) in [4.78, 5) is 11.8. The van der Waals surface area contributed by atoms with Gasteiger partial charge in [0.2, 0.25) is 0 Å². The van der Waals surface area contributed by atoms with Crippen LogP contribution in [-0.2, 0) is 14.3 Å². The highest BCUT2D eigenvalue weighted by Crippen LogP contribution is 2.29. The van der Waals surface area contributed by atoms with Crippen LogP contribution in [0.15, 0.2) is 23.5 Å². The van der Waals surface area contributed by atoms with Crippen LogP contribution in [0.3, 0.4) is 0 Å². The molecule has 1 rings (SSSR count). The predicted molar refractivity (Wildman–Crippen MR) is 76.1 cm³/mol. The number of hydrogen-bond acceptors (Lipinski definition) is 3. The number of alkyl halides is 1. The summed E-state index contributed by atoms with van der Waals surface area (Å²) in [7, 11) is 0. The van der Waals surface area contributed by atoms with E-state index in [0.717, 1.165) is 23.0 Å². The maximum atomic E-state index is 11.8. The minimum absolute atomic E-state index is 0.241. The Hall–Kier alpha value is -0.520. The first-order chi connectivity index (χ1) is 8.22. The summed E-state index contributed by atoms with van der Waals surface area (Å²) in [6.45, 7) is 4.16. The fourth-order valence-electron chi connectivity index (χ4n) is 1.71. The van der Waals surface area contributed by atoms with Crippen LogP contribution in [0.4, 0.5) is 0 Å². The van der Waals surface area contributed by atoms with Crippen LogP contribution in [-0.4, -0.2) is 23.1 Å². The van der Waals surface area contributed by atoms with Crippen molar-refractivity contribution in [3.63, 3.8) is 0 Å². The molecule has 96 valence electrons. The van der Waals surface area contributed by atoms with E-state index in [1.165, 1.54) is 0 Å². The number of hydrogen-bond donors (Lipinski definition) is 0. The fourth-order valence-corrected chi connectivity index (χ4v) is 2.33. The highest BCUT2D eigenvalue weighted by molar-refractivity contribution is 14.1. The van der Waals surface area contributed by atoms with E-state index >= 15 is 0 Å². The van der Waals surface area contributed by atoms with Gasteiger partial charge in [0.1, 0.15) is 11.9 Å². The van der Waals surface area contributed by atoms with E-state index in [0.29, 0.717) is 18.6 Å². The third kappa shape index (κ3) is 4.33. The SMILES string of the molecule is C/C=C/C/C(C(=O)OCC)=C1/CCC(CI)O1. The topological polar surface area (TPSA) is 35.5 Å². The molecule has 0 aromatic carbocycles. The average Bonchev–Trinajstić information content (AvgIpc) is 2.78. The third-order valence-corrected chi connectivity index (χ3v) is 3.57. The van der Waals surface area contributed by atoms with E-state index in [-0.39, 0.29) is 12.1 Å². The zero-order valence-corrected chi connectivity index (χ0v) is 12.5. The Morgan fingerprint density at radius 2 is 2.41 bits per heavy atom. The first-order valence-corrected chi connectivity index (χ1v) is 7.48. The lowest BCUT2D eigenvalue weighted by atomic mass is 10.1. The lowest BCUT2D eigenvalue weighted by molar-refractivity contribution is -0.138. The Bertz CT molecular complexity index is 321. The molecule has 4 heteroatoms. The second-order valence-corrected chi connectivity index (χ2v) is 4.71. The number of halogens is 1. The van der Waals surface area contributed by atoms with Crippen LogP contribution in [0.25, 0.3) is 0 Å². The lowest BCUT2D eigenvalue weighted by Gasteiger charge is -2.11. The fraction of sp³-hybridized carbons (Fsp3) is 0.615. The zero-order chi connectivity index (χ0) is 12.7. The van der Waals surface area contributed by atoms with Crippen molar-refractivity contribution in [2.45, 2.75) is 39.2 Å². The molecule has 1 fully saturated rings. The summed E-state index contributed by atoms with van der Waals surface area (Å²) in [5.74, 6) is 0.581. The molecule has 0 N–H and O–H groups in total. The second-order valence-electron chi connectivity index (χ2n) is 3.83. The van der Waals surface area contributed by atoms with Gasteiger partial charge in [-0.3, -0.25) is 0 Å². The quantitative estimate of drug-likeness (QED) is 0.251. The maximum absolute atomic E-state index is 11.8. The number of rotatable bonds is 5. The van der Waals surface area contributed by atoms with Crippen LogP contribution in [0.2, 0.25) is 0 Å². The van der Waals surface area contributed by atoms with Gasteiger partial charge in [-0.1, -0.05) is 34.7 Å². The van der Waals surface area contributed by atoms with Gasteiger partial charge in [-0.25, -0.2) is 4.79 Å². The predicted octanol–water partition coefficient (Wildman–Crippen LogP) is 3.38. The summed E-state index contributed by atoms with van der Waals surface area (Å²) < 4.78 is 11.8. The largest absolute Gasteiger partial charge is 0.493 e. The Morgan fingerprint density at radius 3 is 2.94 bits per heavy atom. The highest BCUT2D eigenvalue weighted by Gasteiger charge is 2.25. The van der Waals surface area contributed by atoms with Gasteiger partial charge in [-0.05, 0) is 20.3 Å². The summed E-state index contributed by atoms with van der Waals surface area (Å²) in [6.07, 6.45) is 6.58. The van der Waals surface area contributed by atoms with Gasteiger partial charge in [-0.2, -0.15) is 0 Å². The summed E-state index contributed by atoms with van der Waals surface area (Å²) in [6, 6.07) is 0. The molecule has 1 saturated heterocycles. The van der Waals surface area contributed by atoms with Crippen molar-refractivity contribution >= 4 is 28.6 Å². The normalized spacial score (nSPS) is 22.6. The third-order valence-electron chi connectivity index (χ3n) is 2.59. The molecule has 0 saturated carbocycles. The molecule has 0 aromatic heterocycles. The molecule has 1 unspecified atom stereocenters. The first-order valence-electron chi connectivity index (χ1n) is 5.95. The molecule has 0 aliphatic carbocycles. The van der Waals surface area contributed by atoms with E-state index in [1.54, 1.807) is 0 Å². The molecule has 3 nitrogen and oxygen atoms in total. The molecule has 0 amide bonds. The standard InChI is InChI=1S/C13H19IO3/c1-3-5-6-11(13(15)16-4-2)12-8-7-10(9-14)17-12/h3,5,10H,4,6-9H2,1-2H3/b5-3+,12-11+. The molecule has 1 heterocycles. The van der Waals surface area contributed by atoms with Crippen LogP contribution in [0, 0.1) is 0 Å². The van der Waals surface area contributed by atoms with E-state index < -0.39 is 0 Å². The number of carbonyl (C=O) groups excluding carboxylic acids is 1. The van der Waals surface area contributed by atoms with Crippen molar-refractivity contribution < 1.29 is 14.3 Å². The smallest absolute Gasteiger partial charge is 0.337 e. The van der Waals surface area contributed by atoms with Gasteiger partial charge in [-0.15, -0.1) is 0 Å². The minimum atomic E-state index is -0.241. The molecule has 0 aromatic rings. The van der Waals surface area contributed by atoms with Crippen molar-refractivity contribution in [3.8, 4) is 0 Å². The van der Waals surface area contributed by atoms with E-state index in [9.17, 15) is 4.79 Å². The Morgan fingerprint density at radius 1 is 1.65 bits per heavy atom. The molecule has 1 atom stereocenters. The van der Waals surface area contributed by atoms with Crippen molar-refractivity contribution in [3.05, 3.63) is 23.5 Å². The number of esters is 1. The Labute approximate surface area is 116 Å². The van der Waals surface area contributed by atoms with Gasteiger partial charge in [0, 0.05) is 17.3 Å². The molecule has 17 heavy (non-hydrogen) atoms. The van der Waals surface area contributed by atoms with E-state index in [1.807, 2.05) is 26.0 Å². The van der Waals surface area contributed by atoms with Crippen LogP contribution in [0.1, 0.15) is 33.1 Å². The van der Waals surface area contributed by atoms with Crippen molar-refractivity contribution in [2.75, 3.05) is 11.0 Å². The second kappa shape index (κ2) is 7.74. The minimum Gasteiger partial charge on any atom is -0.493 e. The van der Waals surface area contributed by atoms with Crippen molar-refractivity contribution in [2.24, 2.45) is 0 Å². The molecule has 0 radical (unpaired) electrons. The molecule has 1 aliphatic rings. The monoisotopic (exact) mass is 350 g/mol. The molecular formula is C13H19IO3. The number of carbonyl (C=O) groups is 1. The van der Waals surface area contributed by atoms with Crippen LogP contribution < -0.4 is 0 Å². The van der Waals surface area contributed by atoms with Gasteiger partial charge in [0.25, 0.3) is 0 Å².